The third-order valence-corrected chi connectivity index (χ3v) is 6.65. The number of nitrogens with one attached hydrogen (secondary N) is 1. The van der Waals surface area contributed by atoms with Gasteiger partial charge in [-0.05, 0) is 80.6 Å². The molecule has 5 nitrogen and oxygen atoms in total. The summed E-state index contributed by atoms with van der Waals surface area (Å²) in [6.45, 7) is 6.88. The molecule has 0 unspecified atom stereocenters. The highest BCUT2D eigenvalue weighted by Gasteiger charge is 2.28. The van der Waals surface area contributed by atoms with Gasteiger partial charge in [-0.1, -0.05) is 0 Å². The largest absolute Gasteiger partial charge is 0.343 e. The van der Waals surface area contributed by atoms with Crippen molar-refractivity contribution < 1.29 is 9.59 Å². The molecule has 0 fully saturated rings. The first-order chi connectivity index (χ1) is 14.0. The Hall–Kier alpha value is -2.86. The average Bonchev–Trinajstić information content (AvgIpc) is 3.33. The van der Waals surface area contributed by atoms with E-state index in [2.05, 4.69) is 47.3 Å². The number of aromatic nitrogens is 1. The second kappa shape index (κ2) is 7.87. The normalized spacial score (nSPS) is 15.8. The molecule has 0 saturated heterocycles. The summed E-state index contributed by atoms with van der Waals surface area (Å²) in [5, 5.41) is 4.86. The van der Waals surface area contributed by atoms with E-state index >= 15 is 0 Å². The van der Waals surface area contributed by atoms with Gasteiger partial charge in [0.2, 0.25) is 5.91 Å². The van der Waals surface area contributed by atoms with Crippen molar-refractivity contribution in [3.8, 4) is 5.69 Å². The van der Waals surface area contributed by atoms with Crippen molar-refractivity contribution in [3.05, 3.63) is 75.2 Å². The van der Waals surface area contributed by atoms with Crippen LogP contribution in [0.3, 0.4) is 0 Å². The molecule has 29 heavy (non-hydrogen) atoms. The van der Waals surface area contributed by atoms with E-state index in [4.69, 9.17) is 0 Å². The van der Waals surface area contributed by atoms with Gasteiger partial charge in [-0.25, -0.2) is 0 Å². The summed E-state index contributed by atoms with van der Waals surface area (Å²) >= 11 is 1.75. The molecule has 1 atom stereocenters. The third kappa shape index (κ3) is 3.72. The van der Waals surface area contributed by atoms with Crippen molar-refractivity contribution in [2.24, 2.45) is 0 Å². The maximum Gasteiger partial charge on any atom is 0.251 e. The predicted molar refractivity (Wildman–Crippen MR) is 116 cm³/mol. The molecule has 0 aliphatic carbocycles. The van der Waals surface area contributed by atoms with Crippen LogP contribution in [-0.4, -0.2) is 34.4 Å². The summed E-state index contributed by atoms with van der Waals surface area (Å²) in [5.74, 6) is -0.273. The van der Waals surface area contributed by atoms with E-state index in [1.807, 2.05) is 24.0 Å². The van der Waals surface area contributed by atoms with Crippen molar-refractivity contribution in [1.29, 1.82) is 0 Å². The second-order valence-electron chi connectivity index (χ2n) is 7.49. The van der Waals surface area contributed by atoms with Crippen LogP contribution in [0.1, 0.15) is 45.2 Å². The predicted octanol–water partition coefficient (Wildman–Crippen LogP) is 4.03. The first kappa shape index (κ1) is 19.5. The fourth-order valence-electron chi connectivity index (χ4n) is 4.05. The highest BCUT2D eigenvalue weighted by molar-refractivity contribution is 7.10. The molecule has 1 aromatic carbocycles. The molecule has 3 aromatic rings. The second-order valence-corrected chi connectivity index (χ2v) is 8.49. The highest BCUT2D eigenvalue weighted by atomic mass is 32.1. The Morgan fingerprint density at radius 1 is 1.07 bits per heavy atom. The molecular weight excluding hydrogens is 382 g/mol. The molecule has 4 rings (SSSR count). The average molecular weight is 408 g/mol. The summed E-state index contributed by atoms with van der Waals surface area (Å²) in [7, 11) is 0. The highest BCUT2D eigenvalue weighted by Crippen LogP contribution is 2.32. The zero-order valence-corrected chi connectivity index (χ0v) is 17.8. The molecule has 0 bridgehead atoms. The van der Waals surface area contributed by atoms with Crippen LogP contribution in [0.15, 0.2) is 47.8 Å². The Balaban J connectivity index is 1.38. The quantitative estimate of drug-likeness (QED) is 0.710. The van der Waals surface area contributed by atoms with Gasteiger partial charge in [0.25, 0.3) is 5.91 Å². The third-order valence-electron chi connectivity index (χ3n) is 5.66. The Bertz CT molecular complexity index is 1030. The molecule has 2 amide bonds. The van der Waals surface area contributed by atoms with Gasteiger partial charge < -0.3 is 14.8 Å². The Morgan fingerprint density at radius 3 is 2.45 bits per heavy atom. The van der Waals surface area contributed by atoms with Crippen LogP contribution in [0.4, 0.5) is 0 Å². The van der Waals surface area contributed by atoms with E-state index < -0.39 is 0 Å². The van der Waals surface area contributed by atoms with Crippen molar-refractivity contribution >= 4 is 23.2 Å². The molecule has 0 saturated carbocycles. The lowest BCUT2D eigenvalue weighted by atomic mass is 10.0. The maximum absolute atomic E-state index is 12.7. The summed E-state index contributed by atoms with van der Waals surface area (Å²) < 4.78 is 2.14. The lowest BCUT2D eigenvalue weighted by Gasteiger charge is -2.33. The molecular formula is C23H25N3O2S. The van der Waals surface area contributed by atoms with E-state index in [1.54, 1.807) is 23.5 Å². The van der Waals surface area contributed by atoms with Crippen LogP contribution in [0, 0.1) is 13.8 Å². The summed E-state index contributed by atoms with van der Waals surface area (Å²) in [6, 6.07) is 13.8. The lowest BCUT2D eigenvalue weighted by Crippen LogP contribution is -2.44. The number of thiophene rings is 1. The van der Waals surface area contributed by atoms with Gasteiger partial charge in [0.15, 0.2) is 0 Å². The topological polar surface area (TPSA) is 54.3 Å². The van der Waals surface area contributed by atoms with Gasteiger partial charge in [-0.15, -0.1) is 11.3 Å². The number of fused-ring (bicyclic) bond motifs is 1. The monoisotopic (exact) mass is 407 g/mol. The number of rotatable bonds is 4. The zero-order chi connectivity index (χ0) is 20.5. The number of hydrogen-bond donors (Lipinski definition) is 1. The summed E-state index contributed by atoms with van der Waals surface area (Å²) in [6.07, 6.45) is 0.886. The molecule has 1 aliphatic rings. The standard InChI is InChI=1S/C23H25N3O2S/c1-15-4-5-16(2)26(15)19-8-6-18(7-9-19)23(28)24-14-22(27)25-12-10-21-20(17(25)3)11-13-29-21/h4-9,11,13,17H,10,12,14H2,1-3H3,(H,24,28)/t17-/m0/s1. The molecule has 2 aromatic heterocycles. The molecule has 0 spiro atoms. The molecule has 3 heterocycles. The van der Waals surface area contributed by atoms with E-state index in [0.717, 1.165) is 23.5 Å². The van der Waals surface area contributed by atoms with E-state index in [9.17, 15) is 9.59 Å². The van der Waals surface area contributed by atoms with Gasteiger partial charge in [0, 0.05) is 34.1 Å². The van der Waals surface area contributed by atoms with Gasteiger partial charge in [-0.3, -0.25) is 9.59 Å². The molecule has 1 N–H and O–H groups in total. The van der Waals surface area contributed by atoms with Crippen molar-refractivity contribution in [2.45, 2.75) is 33.2 Å². The van der Waals surface area contributed by atoms with E-state index in [1.165, 1.54) is 10.4 Å². The molecule has 150 valence electrons. The number of nitrogens with zero attached hydrogens (tertiary/aromatic N) is 2. The van der Waals surface area contributed by atoms with Crippen molar-refractivity contribution in [3.63, 3.8) is 0 Å². The molecule has 6 heteroatoms. The SMILES string of the molecule is Cc1ccc(C)n1-c1ccc(C(=O)NCC(=O)N2CCc3sccc3[C@@H]2C)cc1. The van der Waals surface area contributed by atoms with Crippen LogP contribution >= 0.6 is 11.3 Å². The number of carbonyl (C=O) groups excluding carboxylic acids is 2. The zero-order valence-electron chi connectivity index (χ0n) is 16.9. The fourth-order valence-corrected chi connectivity index (χ4v) is 5.01. The van der Waals surface area contributed by atoms with E-state index in [0.29, 0.717) is 12.1 Å². The first-order valence-corrected chi connectivity index (χ1v) is 10.7. The minimum atomic E-state index is -0.230. The van der Waals surface area contributed by atoms with Gasteiger partial charge in [-0.2, -0.15) is 0 Å². The Kier molecular flexibility index (Phi) is 5.28. The number of benzene rings is 1. The van der Waals surface area contributed by atoms with Crippen LogP contribution < -0.4 is 5.32 Å². The summed E-state index contributed by atoms with van der Waals surface area (Å²) in [5.41, 5.74) is 5.10. The van der Waals surface area contributed by atoms with Gasteiger partial charge in [0.05, 0.1) is 12.6 Å². The first-order valence-electron chi connectivity index (χ1n) is 9.85. The Morgan fingerprint density at radius 2 is 1.76 bits per heavy atom. The van der Waals surface area contributed by atoms with Gasteiger partial charge >= 0.3 is 0 Å². The van der Waals surface area contributed by atoms with Crippen molar-refractivity contribution in [1.82, 2.24) is 14.8 Å². The minimum Gasteiger partial charge on any atom is -0.343 e. The fraction of sp³-hybridized carbons (Fsp3) is 0.304. The van der Waals surface area contributed by atoms with Crippen LogP contribution in [0.25, 0.3) is 5.69 Å². The van der Waals surface area contributed by atoms with E-state index in [-0.39, 0.29) is 24.4 Å². The number of aryl methyl sites for hydroxylation is 2. The maximum atomic E-state index is 12.7. The van der Waals surface area contributed by atoms with Gasteiger partial charge in [0.1, 0.15) is 0 Å². The van der Waals surface area contributed by atoms with Crippen LogP contribution in [0.5, 0.6) is 0 Å². The Labute approximate surface area is 175 Å². The number of carbonyl (C=O) groups is 2. The smallest absolute Gasteiger partial charge is 0.251 e. The molecule has 0 radical (unpaired) electrons. The molecule has 1 aliphatic heterocycles. The van der Waals surface area contributed by atoms with Crippen LogP contribution in [0.2, 0.25) is 0 Å². The minimum absolute atomic E-state index is 0.0141. The van der Waals surface area contributed by atoms with Crippen molar-refractivity contribution in [2.75, 3.05) is 13.1 Å². The lowest BCUT2D eigenvalue weighted by molar-refractivity contribution is -0.132. The summed E-state index contributed by atoms with van der Waals surface area (Å²) in [4.78, 5) is 28.4. The number of hydrogen-bond acceptors (Lipinski definition) is 3. The van der Waals surface area contributed by atoms with Crippen LogP contribution in [-0.2, 0) is 11.2 Å². The number of amides is 2.